The van der Waals surface area contributed by atoms with E-state index in [1.807, 2.05) is 10.7 Å². The van der Waals surface area contributed by atoms with Gasteiger partial charge in [-0.25, -0.2) is 9.97 Å². The van der Waals surface area contributed by atoms with Gasteiger partial charge in [-0.3, -0.25) is 14.8 Å². The number of amides is 1. The number of hydrogen-bond donors (Lipinski definition) is 1. The van der Waals surface area contributed by atoms with E-state index < -0.39 is 0 Å². The summed E-state index contributed by atoms with van der Waals surface area (Å²) in [5.74, 6) is 0.229. The molecule has 2 heterocycles. The van der Waals surface area contributed by atoms with Crippen molar-refractivity contribution in [2.24, 2.45) is 0 Å². The average Bonchev–Trinajstić information content (AvgIpc) is 2.84. The molecule has 122 valence electrons. The SMILES string of the molecule is CC(C)(C)c1cnc(NC(=O)Cc2ccnn2C2CCC2)nc1. The molecule has 0 atom stereocenters. The Labute approximate surface area is 136 Å². The summed E-state index contributed by atoms with van der Waals surface area (Å²) in [5, 5.41) is 7.10. The number of rotatable bonds is 4. The molecule has 0 saturated heterocycles. The number of carbonyl (C=O) groups excluding carboxylic acids is 1. The first-order valence-corrected chi connectivity index (χ1v) is 8.08. The van der Waals surface area contributed by atoms with Crippen LogP contribution in [0.2, 0.25) is 0 Å². The van der Waals surface area contributed by atoms with Gasteiger partial charge in [0.1, 0.15) is 0 Å². The second kappa shape index (κ2) is 6.10. The molecule has 0 aromatic carbocycles. The van der Waals surface area contributed by atoms with Gasteiger partial charge in [0.05, 0.1) is 12.5 Å². The molecule has 1 saturated carbocycles. The van der Waals surface area contributed by atoms with Crippen LogP contribution in [0.4, 0.5) is 5.95 Å². The van der Waals surface area contributed by atoms with E-state index in [1.165, 1.54) is 6.42 Å². The zero-order valence-electron chi connectivity index (χ0n) is 13.9. The lowest BCUT2D eigenvalue weighted by Crippen LogP contribution is -2.24. The van der Waals surface area contributed by atoms with Crippen LogP contribution in [0.15, 0.2) is 24.7 Å². The minimum Gasteiger partial charge on any atom is -0.294 e. The molecule has 6 nitrogen and oxygen atoms in total. The molecule has 0 radical (unpaired) electrons. The van der Waals surface area contributed by atoms with Crippen LogP contribution < -0.4 is 5.32 Å². The summed E-state index contributed by atoms with van der Waals surface area (Å²) < 4.78 is 1.98. The monoisotopic (exact) mass is 313 g/mol. The van der Waals surface area contributed by atoms with Crippen molar-refractivity contribution in [3.05, 3.63) is 35.9 Å². The predicted octanol–water partition coefficient (Wildman–Crippen LogP) is 2.88. The Morgan fingerprint density at radius 2 is 2.00 bits per heavy atom. The highest BCUT2D eigenvalue weighted by Gasteiger charge is 2.23. The lowest BCUT2D eigenvalue weighted by molar-refractivity contribution is -0.115. The summed E-state index contributed by atoms with van der Waals surface area (Å²) in [4.78, 5) is 20.7. The van der Waals surface area contributed by atoms with E-state index in [0.29, 0.717) is 18.4 Å². The first-order chi connectivity index (χ1) is 10.9. The van der Waals surface area contributed by atoms with E-state index in [-0.39, 0.29) is 11.3 Å². The third kappa shape index (κ3) is 3.57. The van der Waals surface area contributed by atoms with Gasteiger partial charge >= 0.3 is 0 Å². The normalized spacial score (nSPS) is 15.3. The van der Waals surface area contributed by atoms with E-state index in [0.717, 1.165) is 24.1 Å². The molecular weight excluding hydrogens is 290 g/mol. The maximum Gasteiger partial charge on any atom is 0.232 e. The first kappa shape index (κ1) is 15.6. The molecule has 1 aliphatic carbocycles. The highest BCUT2D eigenvalue weighted by molar-refractivity contribution is 5.90. The zero-order valence-corrected chi connectivity index (χ0v) is 13.9. The Hall–Kier alpha value is -2.24. The van der Waals surface area contributed by atoms with Crippen LogP contribution in [0.1, 0.15) is 57.3 Å². The fourth-order valence-electron chi connectivity index (χ4n) is 2.55. The maximum atomic E-state index is 12.2. The molecule has 0 unspecified atom stereocenters. The number of anilines is 1. The molecule has 0 aliphatic heterocycles. The van der Waals surface area contributed by atoms with Crippen molar-refractivity contribution in [2.45, 2.75) is 57.9 Å². The van der Waals surface area contributed by atoms with E-state index in [4.69, 9.17) is 0 Å². The molecule has 2 aromatic rings. The largest absolute Gasteiger partial charge is 0.294 e. The van der Waals surface area contributed by atoms with Gasteiger partial charge in [0.2, 0.25) is 11.9 Å². The van der Waals surface area contributed by atoms with Crippen LogP contribution in [0, 0.1) is 0 Å². The van der Waals surface area contributed by atoms with Crippen molar-refractivity contribution < 1.29 is 4.79 Å². The fraction of sp³-hybridized carbons (Fsp3) is 0.529. The van der Waals surface area contributed by atoms with Crippen LogP contribution in [0.5, 0.6) is 0 Å². The Balaban J connectivity index is 1.62. The summed E-state index contributed by atoms with van der Waals surface area (Å²) >= 11 is 0. The topological polar surface area (TPSA) is 72.7 Å². The lowest BCUT2D eigenvalue weighted by atomic mass is 9.89. The van der Waals surface area contributed by atoms with E-state index in [1.54, 1.807) is 18.6 Å². The van der Waals surface area contributed by atoms with Crippen LogP contribution in [-0.2, 0) is 16.6 Å². The lowest BCUT2D eigenvalue weighted by Gasteiger charge is -2.27. The molecule has 2 aromatic heterocycles. The molecule has 1 amide bonds. The van der Waals surface area contributed by atoms with Crippen molar-refractivity contribution >= 4 is 11.9 Å². The van der Waals surface area contributed by atoms with Gasteiger partial charge in [0.25, 0.3) is 0 Å². The minimum atomic E-state index is -0.116. The van der Waals surface area contributed by atoms with E-state index >= 15 is 0 Å². The van der Waals surface area contributed by atoms with Gasteiger partial charge in [0.15, 0.2) is 0 Å². The minimum absolute atomic E-state index is 0.00217. The molecule has 23 heavy (non-hydrogen) atoms. The van der Waals surface area contributed by atoms with Crippen molar-refractivity contribution in [2.75, 3.05) is 5.32 Å². The summed E-state index contributed by atoms with van der Waals surface area (Å²) in [5.41, 5.74) is 1.98. The fourth-order valence-corrected chi connectivity index (χ4v) is 2.55. The van der Waals surface area contributed by atoms with Gasteiger partial charge in [-0.2, -0.15) is 5.10 Å². The quantitative estimate of drug-likeness (QED) is 0.942. The van der Waals surface area contributed by atoms with Crippen LogP contribution >= 0.6 is 0 Å². The Morgan fingerprint density at radius 3 is 2.57 bits per heavy atom. The van der Waals surface area contributed by atoms with Crippen molar-refractivity contribution in [1.82, 2.24) is 19.7 Å². The third-order valence-electron chi connectivity index (χ3n) is 4.28. The van der Waals surface area contributed by atoms with E-state index in [2.05, 4.69) is 41.2 Å². The summed E-state index contributed by atoms with van der Waals surface area (Å²) in [7, 11) is 0. The summed E-state index contributed by atoms with van der Waals surface area (Å²) in [6.45, 7) is 6.31. The van der Waals surface area contributed by atoms with Crippen LogP contribution in [0.3, 0.4) is 0 Å². The number of carbonyl (C=O) groups is 1. The zero-order chi connectivity index (χ0) is 16.4. The molecule has 0 spiro atoms. The second-order valence-electron chi connectivity index (χ2n) is 7.12. The predicted molar refractivity (Wildman–Crippen MR) is 88.2 cm³/mol. The second-order valence-corrected chi connectivity index (χ2v) is 7.12. The Bertz CT molecular complexity index is 680. The Morgan fingerprint density at radius 1 is 1.30 bits per heavy atom. The Kier molecular flexibility index (Phi) is 4.15. The van der Waals surface area contributed by atoms with Gasteiger partial charge in [-0.15, -0.1) is 0 Å². The number of nitrogens with zero attached hydrogens (tertiary/aromatic N) is 4. The summed E-state index contributed by atoms with van der Waals surface area (Å²) in [6.07, 6.45) is 9.12. The molecule has 1 aliphatic rings. The molecule has 0 bridgehead atoms. The number of hydrogen-bond acceptors (Lipinski definition) is 4. The van der Waals surface area contributed by atoms with Crippen molar-refractivity contribution in [3.8, 4) is 0 Å². The molecule has 1 N–H and O–H groups in total. The van der Waals surface area contributed by atoms with Crippen LogP contribution in [0.25, 0.3) is 0 Å². The standard InChI is InChI=1S/C17H23N5O/c1-17(2,3)12-10-18-16(19-11-12)21-15(23)9-14-7-8-20-22(14)13-5-4-6-13/h7-8,10-11,13H,4-6,9H2,1-3H3,(H,18,19,21,23). The summed E-state index contributed by atoms with van der Waals surface area (Å²) in [6, 6.07) is 2.36. The number of nitrogens with one attached hydrogen (secondary N) is 1. The van der Waals surface area contributed by atoms with Crippen molar-refractivity contribution in [1.29, 1.82) is 0 Å². The highest BCUT2D eigenvalue weighted by Crippen LogP contribution is 2.31. The molecule has 6 heteroatoms. The van der Waals surface area contributed by atoms with E-state index in [9.17, 15) is 4.79 Å². The van der Waals surface area contributed by atoms with Crippen molar-refractivity contribution in [3.63, 3.8) is 0 Å². The average molecular weight is 313 g/mol. The maximum absolute atomic E-state index is 12.2. The number of aromatic nitrogens is 4. The molecule has 3 rings (SSSR count). The third-order valence-corrected chi connectivity index (χ3v) is 4.28. The van der Waals surface area contributed by atoms with Gasteiger partial charge in [-0.05, 0) is 36.3 Å². The molecular formula is C17H23N5O. The first-order valence-electron chi connectivity index (χ1n) is 8.08. The van der Waals surface area contributed by atoms with Gasteiger partial charge in [-0.1, -0.05) is 20.8 Å². The molecule has 1 fully saturated rings. The highest BCUT2D eigenvalue weighted by atomic mass is 16.1. The van der Waals surface area contributed by atoms with Gasteiger partial charge in [0, 0.05) is 24.3 Å². The smallest absolute Gasteiger partial charge is 0.232 e. The van der Waals surface area contributed by atoms with Crippen LogP contribution in [-0.4, -0.2) is 25.7 Å². The van der Waals surface area contributed by atoms with Gasteiger partial charge < -0.3 is 0 Å².